The van der Waals surface area contributed by atoms with Gasteiger partial charge in [0.1, 0.15) is 0 Å². The predicted molar refractivity (Wildman–Crippen MR) is 180 cm³/mol. The summed E-state index contributed by atoms with van der Waals surface area (Å²) in [6, 6.07) is 0. The van der Waals surface area contributed by atoms with E-state index in [1.807, 2.05) is 166 Å². The average molecular weight is 764 g/mol. The first-order chi connectivity index (χ1) is 19.1. The molecule has 0 saturated carbocycles. The van der Waals surface area contributed by atoms with Crippen LogP contribution in [0.5, 0.6) is 0 Å². The third-order valence-electron chi connectivity index (χ3n) is 3.95. The molecule has 0 atom stereocenters. The Morgan fingerprint density at radius 3 is 0.533 bits per heavy atom. The minimum absolute atomic E-state index is 0.746. The van der Waals surface area contributed by atoms with E-state index >= 15 is 0 Å². The van der Waals surface area contributed by atoms with Crippen LogP contribution < -0.4 is 0 Å². The van der Waals surface area contributed by atoms with Gasteiger partial charge in [0.15, 0.2) is 0 Å². The summed E-state index contributed by atoms with van der Waals surface area (Å²) in [6.45, 7) is 46.2. The summed E-state index contributed by atoms with van der Waals surface area (Å²) in [5, 5.41) is 0. The van der Waals surface area contributed by atoms with E-state index in [0.717, 1.165) is 0 Å². The zero-order chi connectivity index (χ0) is 36.6. The topological polar surface area (TPSA) is 92.3 Å². The Bertz CT molecular complexity index is 762. The molecule has 0 N–H and O–H groups in total. The summed E-state index contributed by atoms with van der Waals surface area (Å²) in [4.78, 5) is 0. The second-order valence-electron chi connectivity index (χ2n) is 19.4. The summed E-state index contributed by atoms with van der Waals surface area (Å²) in [5.74, 6) is 0. The number of hydrogen-bond donors (Lipinski definition) is 0. The summed E-state index contributed by atoms with van der Waals surface area (Å²) in [7, 11) is -8.48. The van der Waals surface area contributed by atoms with Crippen molar-refractivity contribution in [3.8, 4) is 0 Å². The van der Waals surface area contributed by atoms with E-state index in [2.05, 4.69) is 0 Å². The molecular formula is C32H72O10Si2Zr. The summed E-state index contributed by atoms with van der Waals surface area (Å²) in [5.41, 5.74) is -6.09. The first-order valence-corrected chi connectivity index (χ1v) is 23.4. The fraction of sp³-hybridized carbons (Fsp3) is 1.00. The number of hydrogen-bond acceptors (Lipinski definition) is 10. The Labute approximate surface area is 287 Å². The van der Waals surface area contributed by atoms with E-state index in [0.29, 0.717) is 0 Å². The van der Waals surface area contributed by atoms with Gasteiger partial charge >= 0.3 is 288 Å². The van der Waals surface area contributed by atoms with Gasteiger partial charge in [-0.05, 0) is 0 Å². The molecule has 0 spiro atoms. The first-order valence-electron chi connectivity index (χ1n) is 16.1. The molecule has 0 aliphatic carbocycles. The quantitative estimate of drug-likeness (QED) is 0.179. The molecule has 45 heavy (non-hydrogen) atoms. The van der Waals surface area contributed by atoms with Crippen molar-refractivity contribution < 1.29 is 59.2 Å². The van der Waals surface area contributed by atoms with Gasteiger partial charge in [-0.3, -0.25) is 0 Å². The standard InChI is InChI=1S/2C12H27O4Si.2C4H9O.Zr/c2*1-10(2,3)14-17(13,15-11(4,5)6)16-12(7,8)9;2*1-4(2,3)5;/h2*1-9H3;2*1-3H3;/q4*-1;+4. The third-order valence-corrected chi connectivity index (χ3v) is 21.7. The normalized spacial score (nSPS) is 16.0. The van der Waals surface area contributed by atoms with Crippen LogP contribution in [-0.2, 0) is 59.2 Å². The fourth-order valence-corrected chi connectivity index (χ4v) is 21.9. The maximum absolute atomic E-state index is 7.22. The van der Waals surface area contributed by atoms with Crippen LogP contribution in [0, 0.1) is 0 Å². The Kier molecular flexibility index (Phi) is 14.9. The predicted octanol–water partition coefficient (Wildman–Crippen LogP) is 9.23. The van der Waals surface area contributed by atoms with E-state index in [4.69, 9.17) is 37.2 Å². The molecular weight excluding hydrogens is 692 g/mol. The van der Waals surface area contributed by atoms with E-state index in [1.165, 1.54) is 0 Å². The van der Waals surface area contributed by atoms with Gasteiger partial charge in [0, 0.05) is 0 Å². The molecule has 0 saturated heterocycles. The van der Waals surface area contributed by atoms with Gasteiger partial charge in [-0.1, -0.05) is 0 Å². The second-order valence-corrected chi connectivity index (χ2v) is 29.5. The second kappa shape index (κ2) is 14.6. The van der Waals surface area contributed by atoms with Crippen molar-refractivity contribution in [3.05, 3.63) is 0 Å². The summed E-state index contributed by atoms with van der Waals surface area (Å²) in [6.07, 6.45) is 0. The van der Waals surface area contributed by atoms with Crippen molar-refractivity contribution in [2.75, 3.05) is 0 Å². The molecule has 13 heteroatoms. The van der Waals surface area contributed by atoms with Crippen LogP contribution in [0.4, 0.5) is 0 Å². The first kappa shape index (κ1) is 45.9. The molecule has 0 aromatic rings. The molecule has 272 valence electrons. The van der Waals surface area contributed by atoms with Gasteiger partial charge < -0.3 is 0 Å². The molecule has 0 amide bonds. The average Bonchev–Trinajstić information content (AvgIpc) is 2.45. The number of rotatable bonds is 12. The Morgan fingerprint density at radius 1 is 0.267 bits per heavy atom. The molecule has 0 heterocycles. The van der Waals surface area contributed by atoms with Gasteiger partial charge in [0.25, 0.3) is 0 Å². The van der Waals surface area contributed by atoms with E-state index in [9.17, 15) is 0 Å². The molecule has 0 unspecified atom stereocenters. The Hall–Kier alpha value is 0.917. The molecule has 0 aromatic heterocycles. The molecule has 0 radical (unpaired) electrons. The summed E-state index contributed by atoms with van der Waals surface area (Å²) >= 11 is -5.68. The zero-order valence-corrected chi connectivity index (χ0v) is 38.0. The van der Waals surface area contributed by atoms with Crippen molar-refractivity contribution in [2.24, 2.45) is 0 Å². The monoisotopic (exact) mass is 762 g/mol. The van der Waals surface area contributed by atoms with Gasteiger partial charge in [-0.15, -0.1) is 0 Å². The molecule has 0 aromatic carbocycles. The zero-order valence-electron chi connectivity index (χ0n) is 33.6. The van der Waals surface area contributed by atoms with Gasteiger partial charge in [0.05, 0.1) is 0 Å². The molecule has 0 aliphatic rings. The van der Waals surface area contributed by atoms with Crippen LogP contribution in [0.2, 0.25) is 0 Å². The molecule has 10 nitrogen and oxygen atoms in total. The van der Waals surface area contributed by atoms with Crippen molar-refractivity contribution >= 4 is 18.1 Å². The van der Waals surface area contributed by atoms with Crippen molar-refractivity contribution in [2.45, 2.75) is 211 Å². The van der Waals surface area contributed by atoms with E-state index in [1.54, 1.807) is 0 Å². The van der Waals surface area contributed by atoms with Crippen LogP contribution in [0.3, 0.4) is 0 Å². The summed E-state index contributed by atoms with van der Waals surface area (Å²) < 4.78 is 68.8. The third kappa shape index (κ3) is 22.3. The van der Waals surface area contributed by atoms with Gasteiger partial charge in [-0.25, -0.2) is 0 Å². The fourth-order valence-electron chi connectivity index (χ4n) is 3.68. The van der Waals surface area contributed by atoms with E-state index < -0.39 is 84.9 Å². The van der Waals surface area contributed by atoms with Crippen molar-refractivity contribution in [3.63, 3.8) is 0 Å². The van der Waals surface area contributed by atoms with Gasteiger partial charge in [0.2, 0.25) is 0 Å². The van der Waals surface area contributed by atoms with Crippen molar-refractivity contribution in [1.82, 2.24) is 0 Å². The Morgan fingerprint density at radius 2 is 0.422 bits per heavy atom. The SMILES string of the molecule is CC(C)(C)O[Si](OC(C)(C)C)(OC(C)(C)C)[O][Zr]([O]C(C)(C)C)([O]C(C)(C)C)[O][Si](OC(C)(C)C)(OC(C)(C)C)OC(C)(C)C. The Balaban J connectivity index is 8.21. The molecule has 0 aliphatic heterocycles. The van der Waals surface area contributed by atoms with Crippen LogP contribution in [0.15, 0.2) is 0 Å². The maximum atomic E-state index is 7.22. The van der Waals surface area contributed by atoms with Gasteiger partial charge in [-0.2, -0.15) is 0 Å². The van der Waals surface area contributed by atoms with Crippen molar-refractivity contribution in [1.29, 1.82) is 0 Å². The van der Waals surface area contributed by atoms with E-state index in [-0.39, 0.29) is 0 Å². The molecule has 0 rings (SSSR count). The minimum atomic E-state index is -5.68. The van der Waals surface area contributed by atoms with Crippen LogP contribution in [-0.4, -0.2) is 62.9 Å². The van der Waals surface area contributed by atoms with Crippen LogP contribution in [0.25, 0.3) is 0 Å². The van der Waals surface area contributed by atoms with Crippen LogP contribution >= 0.6 is 0 Å². The van der Waals surface area contributed by atoms with Crippen LogP contribution in [0.1, 0.15) is 166 Å². The molecule has 0 fully saturated rings. The molecule has 0 bridgehead atoms.